The number of carbonyl (C=O) groups is 1. The molecule has 1 aromatic rings. The first-order chi connectivity index (χ1) is 10.5. The Morgan fingerprint density at radius 2 is 1.95 bits per heavy atom. The molecule has 0 saturated carbocycles. The van der Waals surface area contributed by atoms with Crippen LogP contribution in [0.2, 0.25) is 0 Å². The van der Waals surface area contributed by atoms with Gasteiger partial charge in [0.1, 0.15) is 0 Å². The van der Waals surface area contributed by atoms with Gasteiger partial charge in [-0.05, 0) is 6.42 Å². The van der Waals surface area contributed by atoms with Crippen molar-refractivity contribution in [3.63, 3.8) is 0 Å². The average molecular weight is 326 g/mol. The Kier molecular flexibility index (Phi) is 4.25. The highest BCUT2D eigenvalue weighted by molar-refractivity contribution is 7.91. The lowest BCUT2D eigenvalue weighted by Gasteiger charge is -2.26. The largest absolute Gasteiger partial charge is 0.378 e. The van der Waals surface area contributed by atoms with Crippen LogP contribution in [0.3, 0.4) is 0 Å². The number of amides is 1. The van der Waals surface area contributed by atoms with Crippen molar-refractivity contribution in [2.75, 3.05) is 43.1 Å². The molecule has 1 aromatic heterocycles. The quantitative estimate of drug-likeness (QED) is 0.802. The Labute approximate surface area is 128 Å². The van der Waals surface area contributed by atoms with Gasteiger partial charge in [0.15, 0.2) is 9.84 Å². The maximum Gasteiger partial charge on any atom is 0.257 e. The summed E-state index contributed by atoms with van der Waals surface area (Å²) in [6.07, 6.45) is 3.49. The van der Waals surface area contributed by atoms with Crippen molar-refractivity contribution in [1.82, 2.24) is 14.9 Å². The molecule has 9 heteroatoms. The lowest BCUT2D eigenvalue weighted by molar-refractivity contribution is 0.0302. The molecule has 0 aromatic carbocycles. The van der Waals surface area contributed by atoms with Gasteiger partial charge in [0.05, 0.1) is 30.3 Å². The van der Waals surface area contributed by atoms with E-state index in [2.05, 4.69) is 15.3 Å². The van der Waals surface area contributed by atoms with Crippen LogP contribution >= 0.6 is 0 Å². The third-order valence-corrected chi connectivity index (χ3v) is 5.53. The van der Waals surface area contributed by atoms with E-state index in [0.717, 1.165) is 0 Å². The number of hydrogen-bond donors (Lipinski definition) is 1. The molecule has 2 fully saturated rings. The minimum Gasteiger partial charge on any atom is -0.378 e. The predicted octanol–water partition coefficient (Wildman–Crippen LogP) is -0.452. The van der Waals surface area contributed by atoms with Crippen molar-refractivity contribution < 1.29 is 17.9 Å². The molecule has 22 heavy (non-hydrogen) atoms. The SMILES string of the molecule is O=C(c1cnc(NC2CCS(=O)(=O)C2)nc1)N1CCOCC1. The molecule has 120 valence electrons. The topological polar surface area (TPSA) is 101 Å². The second-order valence-corrected chi connectivity index (χ2v) is 7.67. The molecule has 8 nitrogen and oxygen atoms in total. The third-order valence-electron chi connectivity index (χ3n) is 3.76. The maximum atomic E-state index is 12.2. The Morgan fingerprint density at radius 3 is 2.55 bits per heavy atom. The van der Waals surface area contributed by atoms with E-state index < -0.39 is 9.84 Å². The van der Waals surface area contributed by atoms with Crippen LogP contribution in [-0.2, 0) is 14.6 Å². The van der Waals surface area contributed by atoms with Crippen LogP contribution in [0.15, 0.2) is 12.4 Å². The fourth-order valence-electron chi connectivity index (χ4n) is 2.55. The predicted molar refractivity (Wildman–Crippen MR) is 79.4 cm³/mol. The van der Waals surface area contributed by atoms with E-state index in [1.54, 1.807) is 4.90 Å². The number of hydrogen-bond acceptors (Lipinski definition) is 7. The van der Waals surface area contributed by atoms with Crippen LogP contribution in [-0.4, -0.2) is 73.0 Å². The number of anilines is 1. The van der Waals surface area contributed by atoms with Gasteiger partial charge in [-0.25, -0.2) is 18.4 Å². The Bertz CT molecular complexity index is 641. The van der Waals surface area contributed by atoms with Crippen molar-refractivity contribution >= 4 is 21.7 Å². The molecule has 0 spiro atoms. The summed E-state index contributed by atoms with van der Waals surface area (Å²) in [5.74, 6) is 0.530. The second-order valence-electron chi connectivity index (χ2n) is 5.44. The molecule has 1 atom stereocenters. The van der Waals surface area contributed by atoms with E-state index in [0.29, 0.717) is 44.2 Å². The highest BCUT2D eigenvalue weighted by Gasteiger charge is 2.28. The Balaban J connectivity index is 1.61. The summed E-state index contributed by atoms with van der Waals surface area (Å²) in [7, 11) is -2.94. The fourth-order valence-corrected chi connectivity index (χ4v) is 4.23. The number of aromatic nitrogens is 2. The molecular formula is C13H18N4O4S. The third kappa shape index (κ3) is 3.53. The number of morpholine rings is 1. The van der Waals surface area contributed by atoms with Crippen LogP contribution in [0.4, 0.5) is 5.95 Å². The normalized spacial score (nSPS) is 24.2. The molecule has 0 aliphatic carbocycles. The van der Waals surface area contributed by atoms with Crippen molar-refractivity contribution in [3.8, 4) is 0 Å². The summed E-state index contributed by atoms with van der Waals surface area (Å²) in [4.78, 5) is 22.2. The van der Waals surface area contributed by atoms with E-state index in [-0.39, 0.29) is 23.5 Å². The van der Waals surface area contributed by atoms with Crippen LogP contribution in [0.1, 0.15) is 16.8 Å². The van der Waals surface area contributed by atoms with Gasteiger partial charge in [-0.3, -0.25) is 4.79 Å². The van der Waals surface area contributed by atoms with Crippen molar-refractivity contribution in [1.29, 1.82) is 0 Å². The molecule has 0 bridgehead atoms. The Hall–Kier alpha value is -1.74. The average Bonchev–Trinajstić information content (AvgIpc) is 2.87. The highest BCUT2D eigenvalue weighted by Crippen LogP contribution is 2.15. The first-order valence-corrected chi connectivity index (χ1v) is 9.02. The number of nitrogens with one attached hydrogen (secondary N) is 1. The summed E-state index contributed by atoms with van der Waals surface area (Å²) >= 11 is 0. The lowest BCUT2D eigenvalue weighted by atomic mass is 10.2. The van der Waals surface area contributed by atoms with Crippen LogP contribution in [0.5, 0.6) is 0 Å². The first kappa shape index (κ1) is 15.2. The van der Waals surface area contributed by atoms with E-state index in [1.165, 1.54) is 12.4 Å². The fraction of sp³-hybridized carbons (Fsp3) is 0.615. The van der Waals surface area contributed by atoms with E-state index >= 15 is 0 Å². The smallest absolute Gasteiger partial charge is 0.257 e. The van der Waals surface area contributed by atoms with Gasteiger partial charge < -0.3 is 15.0 Å². The zero-order valence-electron chi connectivity index (χ0n) is 12.1. The highest BCUT2D eigenvalue weighted by atomic mass is 32.2. The van der Waals surface area contributed by atoms with Crippen LogP contribution in [0.25, 0.3) is 0 Å². The maximum absolute atomic E-state index is 12.2. The molecule has 1 N–H and O–H groups in total. The first-order valence-electron chi connectivity index (χ1n) is 7.19. The number of rotatable bonds is 3. The number of sulfone groups is 1. The number of carbonyl (C=O) groups excluding carboxylic acids is 1. The second kappa shape index (κ2) is 6.17. The van der Waals surface area contributed by atoms with Gasteiger partial charge in [-0.15, -0.1) is 0 Å². The van der Waals surface area contributed by atoms with Gasteiger partial charge >= 0.3 is 0 Å². The monoisotopic (exact) mass is 326 g/mol. The van der Waals surface area contributed by atoms with Gasteiger partial charge in [0, 0.05) is 31.5 Å². The summed E-state index contributed by atoms with van der Waals surface area (Å²) in [6, 6.07) is -0.161. The molecule has 3 heterocycles. The molecule has 3 rings (SSSR count). The Morgan fingerprint density at radius 1 is 1.27 bits per heavy atom. The lowest BCUT2D eigenvalue weighted by Crippen LogP contribution is -2.40. The molecule has 0 radical (unpaired) electrons. The summed E-state index contributed by atoms with van der Waals surface area (Å²) < 4.78 is 28.0. The zero-order valence-corrected chi connectivity index (χ0v) is 12.9. The number of ether oxygens (including phenoxy) is 1. The van der Waals surface area contributed by atoms with Crippen molar-refractivity contribution in [2.45, 2.75) is 12.5 Å². The van der Waals surface area contributed by atoms with Gasteiger partial charge in [-0.1, -0.05) is 0 Å². The summed E-state index contributed by atoms with van der Waals surface area (Å²) in [5, 5.41) is 3.00. The van der Waals surface area contributed by atoms with Gasteiger partial charge in [-0.2, -0.15) is 0 Å². The van der Waals surface area contributed by atoms with E-state index in [9.17, 15) is 13.2 Å². The van der Waals surface area contributed by atoms with Gasteiger partial charge in [0.25, 0.3) is 5.91 Å². The molecule has 1 unspecified atom stereocenters. The molecule has 2 aliphatic rings. The standard InChI is InChI=1S/C13H18N4O4S/c18-12(17-2-4-21-5-3-17)10-7-14-13(15-8-10)16-11-1-6-22(19,20)9-11/h7-8,11H,1-6,9H2,(H,14,15,16). The van der Waals surface area contributed by atoms with E-state index in [4.69, 9.17) is 4.74 Å². The van der Waals surface area contributed by atoms with Gasteiger partial charge in [0.2, 0.25) is 5.95 Å². The van der Waals surface area contributed by atoms with Crippen molar-refractivity contribution in [2.24, 2.45) is 0 Å². The minimum atomic E-state index is -2.94. The van der Waals surface area contributed by atoms with Crippen LogP contribution in [0, 0.1) is 0 Å². The zero-order chi connectivity index (χ0) is 15.6. The summed E-state index contributed by atoms with van der Waals surface area (Å²) in [6.45, 7) is 2.22. The van der Waals surface area contributed by atoms with Crippen molar-refractivity contribution in [3.05, 3.63) is 18.0 Å². The minimum absolute atomic E-state index is 0.102. The molecular weight excluding hydrogens is 308 g/mol. The van der Waals surface area contributed by atoms with E-state index in [1.807, 2.05) is 0 Å². The van der Waals surface area contributed by atoms with Crippen LogP contribution < -0.4 is 5.32 Å². The number of nitrogens with zero attached hydrogens (tertiary/aromatic N) is 3. The molecule has 2 saturated heterocycles. The molecule has 2 aliphatic heterocycles. The molecule has 1 amide bonds. The summed E-state index contributed by atoms with van der Waals surface area (Å²) in [5.41, 5.74) is 0.423.